The number of rotatable bonds is 4. The molecule has 0 amide bonds. The third-order valence-corrected chi connectivity index (χ3v) is 2.01. The van der Waals surface area contributed by atoms with Gasteiger partial charge in [-0.15, -0.1) is 0 Å². The number of nitrogens with zero attached hydrogens (tertiary/aromatic N) is 1. The number of carboxylic acid groups (broad SMARTS) is 1. The molecule has 0 aliphatic carbocycles. The minimum absolute atomic E-state index is 0.385. The van der Waals surface area contributed by atoms with Gasteiger partial charge in [-0.05, 0) is 19.1 Å². The van der Waals surface area contributed by atoms with Gasteiger partial charge in [0.15, 0.2) is 0 Å². The van der Waals surface area contributed by atoms with Crippen molar-refractivity contribution in [1.82, 2.24) is 4.57 Å². The van der Waals surface area contributed by atoms with Crippen molar-refractivity contribution in [3.63, 3.8) is 0 Å². The Bertz CT molecular complexity index is 294. The number of carbonyl (C=O) groups is 1. The maximum atomic E-state index is 10.5. The highest BCUT2D eigenvalue weighted by atomic mass is 16.4. The summed E-state index contributed by atoms with van der Waals surface area (Å²) in [6, 6.07) is 2.99. The summed E-state index contributed by atoms with van der Waals surface area (Å²) in [7, 11) is 0. The van der Waals surface area contributed by atoms with Crippen molar-refractivity contribution in [1.29, 1.82) is 0 Å². The van der Waals surface area contributed by atoms with Gasteiger partial charge < -0.3 is 15.4 Å². The number of aliphatic carboxylic acids is 1. The molecule has 0 fully saturated rings. The second-order valence-corrected chi connectivity index (χ2v) is 2.93. The highest BCUT2D eigenvalue weighted by molar-refractivity contribution is 5.73. The molecule has 0 spiro atoms. The molecule has 1 aromatic heterocycles. The molecule has 4 nitrogen and oxygen atoms in total. The Kier molecular flexibility index (Phi) is 3.08. The molecule has 0 aliphatic heterocycles. The van der Waals surface area contributed by atoms with Gasteiger partial charge in [-0.25, -0.2) is 0 Å². The van der Waals surface area contributed by atoms with Crippen molar-refractivity contribution in [2.24, 2.45) is 5.73 Å². The smallest absolute Gasteiger partial charge is 0.320 e. The fourth-order valence-electron chi connectivity index (χ4n) is 1.26. The summed E-state index contributed by atoms with van der Waals surface area (Å²) in [6.45, 7) is 2.85. The SMILES string of the molecule is CCn1cccc1CC(N)C(=O)O. The van der Waals surface area contributed by atoms with E-state index in [4.69, 9.17) is 10.8 Å². The Labute approximate surface area is 77.0 Å². The Morgan fingerprint density at radius 1 is 1.77 bits per heavy atom. The average Bonchev–Trinajstić information content (AvgIpc) is 2.51. The normalized spacial score (nSPS) is 12.8. The van der Waals surface area contributed by atoms with Crippen LogP contribution in [0.4, 0.5) is 0 Å². The lowest BCUT2D eigenvalue weighted by molar-refractivity contribution is -0.138. The molecule has 0 radical (unpaired) electrons. The van der Waals surface area contributed by atoms with Crippen LogP contribution in [0.5, 0.6) is 0 Å². The quantitative estimate of drug-likeness (QED) is 0.711. The van der Waals surface area contributed by atoms with Gasteiger partial charge in [-0.3, -0.25) is 4.79 Å². The third-order valence-electron chi connectivity index (χ3n) is 2.01. The molecule has 0 bridgehead atoms. The number of nitrogens with two attached hydrogens (primary N) is 1. The van der Waals surface area contributed by atoms with E-state index in [0.717, 1.165) is 12.2 Å². The summed E-state index contributed by atoms with van der Waals surface area (Å²) in [5, 5.41) is 8.61. The summed E-state index contributed by atoms with van der Waals surface area (Å²) in [6.07, 6.45) is 2.31. The van der Waals surface area contributed by atoms with Gasteiger partial charge in [0.25, 0.3) is 0 Å². The molecule has 1 aromatic rings. The van der Waals surface area contributed by atoms with Crippen LogP contribution in [0.15, 0.2) is 18.3 Å². The minimum Gasteiger partial charge on any atom is -0.480 e. The molecule has 13 heavy (non-hydrogen) atoms. The summed E-state index contributed by atoms with van der Waals surface area (Å²) in [5.41, 5.74) is 6.39. The zero-order valence-corrected chi connectivity index (χ0v) is 7.60. The third kappa shape index (κ3) is 2.32. The monoisotopic (exact) mass is 182 g/mol. The molecule has 1 atom stereocenters. The van der Waals surface area contributed by atoms with Gasteiger partial charge in [0.05, 0.1) is 0 Å². The summed E-state index contributed by atoms with van der Waals surface area (Å²) in [4.78, 5) is 10.5. The zero-order chi connectivity index (χ0) is 9.84. The Balaban J connectivity index is 2.68. The summed E-state index contributed by atoms with van der Waals surface area (Å²) in [5.74, 6) is -0.955. The van der Waals surface area contributed by atoms with Gasteiger partial charge >= 0.3 is 5.97 Å². The van der Waals surface area contributed by atoms with E-state index in [1.807, 2.05) is 29.8 Å². The topological polar surface area (TPSA) is 68.2 Å². The van der Waals surface area contributed by atoms with Crippen LogP contribution >= 0.6 is 0 Å². The number of carboxylic acids is 1. The van der Waals surface area contributed by atoms with E-state index in [2.05, 4.69) is 0 Å². The number of hydrogen-bond donors (Lipinski definition) is 2. The van der Waals surface area contributed by atoms with Crippen LogP contribution in [0.1, 0.15) is 12.6 Å². The van der Waals surface area contributed by atoms with Crippen molar-refractivity contribution in [2.75, 3.05) is 0 Å². The highest BCUT2D eigenvalue weighted by Crippen LogP contribution is 2.04. The lowest BCUT2D eigenvalue weighted by Crippen LogP contribution is -2.32. The molecular weight excluding hydrogens is 168 g/mol. The second kappa shape index (κ2) is 4.09. The maximum absolute atomic E-state index is 10.5. The molecule has 3 N–H and O–H groups in total. The molecule has 1 rings (SSSR count). The predicted octanol–water partition coefficient (Wildman–Crippen LogP) is 0.462. The molecule has 0 aromatic carbocycles. The van der Waals surface area contributed by atoms with Gasteiger partial charge in [0.2, 0.25) is 0 Å². The minimum atomic E-state index is -0.955. The molecular formula is C9H14N2O2. The van der Waals surface area contributed by atoms with Crippen molar-refractivity contribution in [2.45, 2.75) is 25.9 Å². The van der Waals surface area contributed by atoms with Gasteiger partial charge in [-0.1, -0.05) is 0 Å². The van der Waals surface area contributed by atoms with E-state index in [1.54, 1.807) is 0 Å². The molecule has 72 valence electrons. The summed E-state index contributed by atoms with van der Waals surface area (Å²) < 4.78 is 1.99. The van der Waals surface area contributed by atoms with Crippen LogP contribution in [0, 0.1) is 0 Å². The first-order chi connectivity index (χ1) is 6.15. The Morgan fingerprint density at radius 3 is 3.00 bits per heavy atom. The number of aryl methyl sites for hydroxylation is 1. The lowest BCUT2D eigenvalue weighted by Gasteiger charge is -2.08. The van der Waals surface area contributed by atoms with Gasteiger partial charge in [0, 0.05) is 24.9 Å². The van der Waals surface area contributed by atoms with Gasteiger partial charge in [-0.2, -0.15) is 0 Å². The van der Waals surface area contributed by atoms with E-state index < -0.39 is 12.0 Å². The maximum Gasteiger partial charge on any atom is 0.320 e. The molecule has 1 heterocycles. The first-order valence-electron chi connectivity index (χ1n) is 4.27. The number of aromatic nitrogens is 1. The van der Waals surface area contributed by atoms with Crippen LogP contribution in [-0.2, 0) is 17.8 Å². The van der Waals surface area contributed by atoms with Crippen molar-refractivity contribution in [3.8, 4) is 0 Å². The highest BCUT2D eigenvalue weighted by Gasteiger charge is 2.13. The van der Waals surface area contributed by atoms with Crippen LogP contribution < -0.4 is 5.73 Å². The van der Waals surface area contributed by atoms with Crippen molar-refractivity contribution in [3.05, 3.63) is 24.0 Å². The Hall–Kier alpha value is -1.29. The zero-order valence-electron chi connectivity index (χ0n) is 7.60. The molecule has 0 aliphatic rings. The fraction of sp³-hybridized carbons (Fsp3) is 0.444. The van der Waals surface area contributed by atoms with E-state index in [0.29, 0.717) is 6.42 Å². The first-order valence-corrected chi connectivity index (χ1v) is 4.27. The van der Waals surface area contributed by atoms with Crippen LogP contribution in [0.3, 0.4) is 0 Å². The fourth-order valence-corrected chi connectivity index (χ4v) is 1.26. The molecule has 0 saturated heterocycles. The van der Waals surface area contributed by atoms with E-state index >= 15 is 0 Å². The molecule has 1 unspecified atom stereocenters. The van der Waals surface area contributed by atoms with Crippen LogP contribution in [0.25, 0.3) is 0 Å². The standard InChI is InChI=1S/C9H14N2O2/c1-2-11-5-3-4-7(11)6-8(10)9(12)13/h3-5,8H,2,6,10H2,1H3,(H,12,13). The summed E-state index contributed by atoms with van der Waals surface area (Å²) >= 11 is 0. The molecule has 0 saturated carbocycles. The Morgan fingerprint density at radius 2 is 2.46 bits per heavy atom. The van der Waals surface area contributed by atoms with Crippen LogP contribution in [-0.4, -0.2) is 21.7 Å². The van der Waals surface area contributed by atoms with Crippen molar-refractivity contribution >= 4 is 5.97 Å². The average molecular weight is 182 g/mol. The van der Waals surface area contributed by atoms with E-state index in [1.165, 1.54) is 0 Å². The van der Waals surface area contributed by atoms with E-state index in [-0.39, 0.29) is 0 Å². The predicted molar refractivity (Wildman–Crippen MR) is 49.4 cm³/mol. The molecule has 4 heteroatoms. The first kappa shape index (κ1) is 9.80. The second-order valence-electron chi connectivity index (χ2n) is 2.93. The number of hydrogen-bond acceptors (Lipinski definition) is 2. The van der Waals surface area contributed by atoms with Crippen molar-refractivity contribution < 1.29 is 9.90 Å². The largest absolute Gasteiger partial charge is 0.480 e. The van der Waals surface area contributed by atoms with Crippen LogP contribution in [0.2, 0.25) is 0 Å². The lowest BCUT2D eigenvalue weighted by atomic mass is 10.2. The van der Waals surface area contributed by atoms with E-state index in [9.17, 15) is 4.79 Å². The van der Waals surface area contributed by atoms with Gasteiger partial charge in [0.1, 0.15) is 6.04 Å².